The third-order valence-electron chi connectivity index (χ3n) is 5.30. The number of hydrogen-bond donors (Lipinski definition) is 2. The maximum Gasteiger partial charge on any atom is 0.270 e. The maximum absolute atomic E-state index is 12.8. The number of fused-ring (bicyclic) bond motifs is 1. The minimum Gasteiger partial charge on any atom is -0.351 e. The Hall–Kier alpha value is -3.61. The van der Waals surface area contributed by atoms with Crippen molar-refractivity contribution in [2.45, 2.75) is 12.8 Å². The van der Waals surface area contributed by atoms with Crippen molar-refractivity contribution < 1.29 is 14.4 Å². The normalized spacial score (nSPS) is 14.0. The van der Waals surface area contributed by atoms with Crippen molar-refractivity contribution in [1.29, 1.82) is 0 Å². The first-order valence-electron chi connectivity index (χ1n) is 10.1. The number of aromatic amines is 1. The quantitative estimate of drug-likeness (QED) is 0.686. The Morgan fingerprint density at radius 1 is 0.833 bits per heavy atom. The average Bonchev–Trinajstić information content (AvgIpc) is 3.22. The monoisotopic (exact) mass is 404 g/mol. The number of anilines is 1. The molecule has 0 aliphatic carbocycles. The van der Waals surface area contributed by atoms with Gasteiger partial charge in [0.1, 0.15) is 5.69 Å². The predicted molar refractivity (Wildman–Crippen MR) is 115 cm³/mol. The third kappa shape index (κ3) is 4.51. The largest absolute Gasteiger partial charge is 0.351 e. The van der Waals surface area contributed by atoms with Gasteiger partial charge in [0, 0.05) is 55.6 Å². The Balaban J connectivity index is 1.25. The minimum absolute atomic E-state index is 0.0551. The molecule has 7 nitrogen and oxygen atoms in total. The molecule has 0 radical (unpaired) electrons. The molecule has 1 aromatic heterocycles. The number of benzene rings is 2. The summed E-state index contributed by atoms with van der Waals surface area (Å²) in [6.07, 6.45) is 0.302. The molecule has 2 N–H and O–H groups in total. The summed E-state index contributed by atoms with van der Waals surface area (Å²) in [5.74, 6) is -0.293. The van der Waals surface area contributed by atoms with Crippen molar-refractivity contribution in [1.82, 2.24) is 14.8 Å². The maximum atomic E-state index is 12.8. The van der Waals surface area contributed by atoms with E-state index in [2.05, 4.69) is 10.3 Å². The first kappa shape index (κ1) is 19.7. The number of amides is 3. The number of aromatic nitrogens is 1. The Labute approximate surface area is 174 Å². The molecular formula is C23H24N4O3. The van der Waals surface area contributed by atoms with Crippen molar-refractivity contribution in [3.63, 3.8) is 0 Å². The van der Waals surface area contributed by atoms with Crippen LogP contribution in [0.25, 0.3) is 10.9 Å². The molecule has 4 rings (SSSR count). The van der Waals surface area contributed by atoms with Crippen LogP contribution in [0, 0.1) is 0 Å². The zero-order valence-corrected chi connectivity index (χ0v) is 16.6. The SMILES string of the molecule is O=C(CCC(=O)N1CCN(C(=O)c2cc3ccccc3[nH]2)CC1)Nc1ccccc1. The van der Waals surface area contributed by atoms with Crippen LogP contribution in [0.4, 0.5) is 5.69 Å². The molecule has 30 heavy (non-hydrogen) atoms. The van der Waals surface area contributed by atoms with Crippen molar-refractivity contribution >= 4 is 34.3 Å². The highest BCUT2D eigenvalue weighted by Gasteiger charge is 2.25. The summed E-state index contributed by atoms with van der Waals surface area (Å²) < 4.78 is 0. The fourth-order valence-corrected chi connectivity index (χ4v) is 3.64. The average molecular weight is 404 g/mol. The molecule has 0 saturated carbocycles. The van der Waals surface area contributed by atoms with E-state index in [0.29, 0.717) is 31.9 Å². The van der Waals surface area contributed by atoms with Crippen molar-refractivity contribution in [2.24, 2.45) is 0 Å². The van der Waals surface area contributed by atoms with Crippen LogP contribution in [-0.4, -0.2) is 58.7 Å². The molecule has 1 fully saturated rings. The fourth-order valence-electron chi connectivity index (χ4n) is 3.64. The van der Waals surface area contributed by atoms with E-state index >= 15 is 0 Å². The molecule has 1 aliphatic heterocycles. The van der Waals surface area contributed by atoms with E-state index in [9.17, 15) is 14.4 Å². The van der Waals surface area contributed by atoms with Gasteiger partial charge in [0.25, 0.3) is 5.91 Å². The molecule has 1 aliphatic rings. The number of carbonyl (C=O) groups excluding carboxylic acids is 3. The third-order valence-corrected chi connectivity index (χ3v) is 5.30. The Bertz CT molecular complexity index is 1020. The van der Waals surface area contributed by atoms with Crippen LogP contribution in [-0.2, 0) is 9.59 Å². The van der Waals surface area contributed by atoms with Gasteiger partial charge in [-0.2, -0.15) is 0 Å². The smallest absolute Gasteiger partial charge is 0.270 e. The lowest BCUT2D eigenvalue weighted by Gasteiger charge is -2.34. The zero-order chi connectivity index (χ0) is 20.9. The summed E-state index contributed by atoms with van der Waals surface area (Å²) in [5.41, 5.74) is 2.22. The molecule has 0 unspecified atom stereocenters. The molecule has 0 spiro atoms. The highest BCUT2D eigenvalue weighted by Crippen LogP contribution is 2.17. The number of piperazine rings is 1. The number of carbonyl (C=O) groups is 3. The molecule has 0 atom stereocenters. The fraction of sp³-hybridized carbons (Fsp3) is 0.261. The van der Waals surface area contributed by atoms with Gasteiger partial charge in [-0.15, -0.1) is 0 Å². The van der Waals surface area contributed by atoms with Crippen molar-refractivity contribution in [3.05, 3.63) is 66.4 Å². The summed E-state index contributed by atoms with van der Waals surface area (Å²) in [6, 6.07) is 18.8. The van der Waals surface area contributed by atoms with Crippen LogP contribution in [0.15, 0.2) is 60.7 Å². The van der Waals surface area contributed by atoms with Gasteiger partial charge in [-0.1, -0.05) is 36.4 Å². The van der Waals surface area contributed by atoms with E-state index in [4.69, 9.17) is 0 Å². The lowest BCUT2D eigenvalue weighted by Crippen LogP contribution is -2.50. The van der Waals surface area contributed by atoms with Crippen LogP contribution in [0.1, 0.15) is 23.3 Å². The van der Waals surface area contributed by atoms with Gasteiger partial charge in [-0.25, -0.2) is 0 Å². The summed E-state index contributed by atoms with van der Waals surface area (Å²) in [4.78, 5) is 43.9. The van der Waals surface area contributed by atoms with E-state index in [1.54, 1.807) is 9.80 Å². The number of nitrogens with zero attached hydrogens (tertiary/aromatic N) is 2. The summed E-state index contributed by atoms with van der Waals surface area (Å²) in [6.45, 7) is 1.92. The number of para-hydroxylation sites is 2. The Morgan fingerprint density at radius 2 is 1.50 bits per heavy atom. The molecule has 154 valence electrons. The number of nitrogens with one attached hydrogen (secondary N) is 2. The number of H-pyrrole nitrogens is 1. The zero-order valence-electron chi connectivity index (χ0n) is 16.6. The van der Waals surface area contributed by atoms with E-state index < -0.39 is 0 Å². The summed E-state index contributed by atoms with van der Waals surface area (Å²) in [7, 11) is 0. The molecule has 3 amide bonds. The lowest BCUT2D eigenvalue weighted by atomic mass is 10.2. The molecular weight excluding hydrogens is 380 g/mol. The van der Waals surface area contributed by atoms with Crippen LogP contribution >= 0.6 is 0 Å². The number of rotatable bonds is 5. The summed E-state index contributed by atoms with van der Waals surface area (Å²) in [5, 5.41) is 3.79. The van der Waals surface area contributed by atoms with Gasteiger partial charge in [0.2, 0.25) is 11.8 Å². The first-order chi connectivity index (χ1) is 14.6. The molecule has 3 aromatic rings. The molecule has 1 saturated heterocycles. The topological polar surface area (TPSA) is 85.5 Å². The predicted octanol–water partition coefficient (Wildman–Crippen LogP) is 2.87. The summed E-state index contributed by atoms with van der Waals surface area (Å²) >= 11 is 0. The molecule has 2 aromatic carbocycles. The first-order valence-corrected chi connectivity index (χ1v) is 10.1. The van der Waals surface area contributed by atoms with Crippen molar-refractivity contribution in [3.8, 4) is 0 Å². The minimum atomic E-state index is -0.179. The van der Waals surface area contributed by atoms with Gasteiger partial charge >= 0.3 is 0 Å². The van der Waals surface area contributed by atoms with E-state index in [1.165, 1.54) is 0 Å². The van der Waals surface area contributed by atoms with Crippen LogP contribution in [0.3, 0.4) is 0 Å². The van der Waals surface area contributed by atoms with E-state index in [1.807, 2.05) is 60.7 Å². The van der Waals surface area contributed by atoms with Gasteiger partial charge in [-0.05, 0) is 24.3 Å². The van der Waals surface area contributed by atoms with E-state index in [0.717, 1.165) is 16.6 Å². The Kier molecular flexibility index (Phi) is 5.79. The van der Waals surface area contributed by atoms with Crippen molar-refractivity contribution in [2.75, 3.05) is 31.5 Å². The van der Waals surface area contributed by atoms with E-state index in [-0.39, 0.29) is 30.6 Å². The van der Waals surface area contributed by atoms with Crippen LogP contribution < -0.4 is 5.32 Å². The highest BCUT2D eigenvalue weighted by atomic mass is 16.2. The van der Waals surface area contributed by atoms with Gasteiger partial charge in [-0.3, -0.25) is 14.4 Å². The lowest BCUT2D eigenvalue weighted by molar-refractivity contribution is -0.134. The highest BCUT2D eigenvalue weighted by molar-refractivity contribution is 5.98. The Morgan fingerprint density at radius 3 is 2.23 bits per heavy atom. The van der Waals surface area contributed by atoms with Gasteiger partial charge in [0.05, 0.1) is 0 Å². The molecule has 0 bridgehead atoms. The number of hydrogen-bond acceptors (Lipinski definition) is 3. The van der Waals surface area contributed by atoms with Gasteiger partial charge < -0.3 is 20.1 Å². The second kappa shape index (κ2) is 8.82. The standard InChI is InChI=1S/C23H24N4O3/c28-21(24-18-7-2-1-3-8-18)10-11-22(29)26-12-14-27(15-13-26)23(30)20-16-17-6-4-5-9-19(17)25-20/h1-9,16,25H,10-15H2,(H,24,28). The molecule has 7 heteroatoms. The van der Waals surface area contributed by atoms with Crippen LogP contribution in [0.5, 0.6) is 0 Å². The second-order valence-electron chi connectivity index (χ2n) is 7.36. The second-order valence-corrected chi connectivity index (χ2v) is 7.36. The van der Waals surface area contributed by atoms with Crippen LogP contribution in [0.2, 0.25) is 0 Å². The molecule has 2 heterocycles. The van der Waals surface area contributed by atoms with Gasteiger partial charge in [0.15, 0.2) is 0 Å².